The lowest BCUT2D eigenvalue weighted by Gasteiger charge is -2.33. The molecule has 0 spiro atoms. The molecule has 1 saturated heterocycles. The fourth-order valence-corrected chi connectivity index (χ4v) is 3.18. The molecular weight excluding hydrogens is 362 g/mol. The van der Waals surface area contributed by atoms with Crippen LogP contribution in [0.15, 0.2) is 48.5 Å². The van der Waals surface area contributed by atoms with Gasteiger partial charge in [-0.15, -0.1) is 12.4 Å². The number of carbonyl (C=O) groups excluding carboxylic acids is 2. The number of nitrogens with two attached hydrogens (primary N) is 1. The molecule has 0 aromatic heterocycles. The lowest BCUT2D eigenvalue weighted by molar-refractivity contribution is -0.129. The number of anilines is 1. The van der Waals surface area contributed by atoms with Gasteiger partial charge in [0.2, 0.25) is 11.8 Å². The standard InChI is InChI=1S/C21H25N3O2.ClH/c1-14-5-9-16(10-6-14)19(22)20(25)23-18-4-3-13-24(21(18)26)17-11-7-15(2)8-12-17;/h5-12,18-19H,3-4,13,22H2,1-2H3,(H,23,25);1H. The molecule has 0 radical (unpaired) electrons. The number of benzene rings is 2. The summed E-state index contributed by atoms with van der Waals surface area (Å²) < 4.78 is 0. The summed E-state index contributed by atoms with van der Waals surface area (Å²) in [7, 11) is 0. The Hall–Kier alpha value is -2.37. The van der Waals surface area contributed by atoms with E-state index in [1.165, 1.54) is 0 Å². The second-order valence-electron chi connectivity index (χ2n) is 6.92. The molecular formula is C21H26ClN3O2. The second-order valence-corrected chi connectivity index (χ2v) is 6.92. The third-order valence-corrected chi connectivity index (χ3v) is 4.82. The average Bonchev–Trinajstić information content (AvgIpc) is 2.64. The van der Waals surface area contributed by atoms with Gasteiger partial charge in [-0.1, -0.05) is 47.5 Å². The van der Waals surface area contributed by atoms with Crippen LogP contribution in [-0.4, -0.2) is 24.4 Å². The number of carbonyl (C=O) groups is 2. The van der Waals surface area contributed by atoms with E-state index >= 15 is 0 Å². The van der Waals surface area contributed by atoms with E-state index in [9.17, 15) is 9.59 Å². The minimum absolute atomic E-state index is 0. The third-order valence-electron chi connectivity index (χ3n) is 4.82. The molecule has 2 aromatic rings. The van der Waals surface area contributed by atoms with E-state index in [1.807, 2.05) is 62.4 Å². The van der Waals surface area contributed by atoms with Crippen LogP contribution in [0.1, 0.15) is 35.6 Å². The molecule has 1 aliphatic heterocycles. The second kappa shape index (κ2) is 9.02. The number of halogens is 1. The summed E-state index contributed by atoms with van der Waals surface area (Å²) in [4.78, 5) is 27.1. The Balaban J connectivity index is 0.00000261. The summed E-state index contributed by atoms with van der Waals surface area (Å²) in [5.41, 5.74) is 9.94. The Morgan fingerprint density at radius 2 is 1.63 bits per heavy atom. The first-order valence-corrected chi connectivity index (χ1v) is 8.96. The van der Waals surface area contributed by atoms with Gasteiger partial charge in [0, 0.05) is 12.2 Å². The van der Waals surface area contributed by atoms with Crippen LogP contribution in [0.2, 0.25) is 0 Å². The molecule has 2 unspecified atom stereocenters. The number of hydrogen-bond donors (Lipinski definition) is 2. The van der Waals surface area contributed by atoms with Gasteiger partial charge in [0.1, 0.15) is 12.1 Å². The number of hydrogen-bond acceptors (Lipinski definition) is 3. The molecule has 2 amide bonds. The van der Waals surface area contributed by atoms with Gasteiger partial charge in [-0.2, -0.15) is 0 Å². The normalized spacial score (nSPS) is 17.8. The zero-order chi connectivity index (χ0) is 18.7. The SMILES string of the molecule is Cc1ccc(C(N)C(=O)NC2CCCN(c3ccc(C)cc3)C2=O)cc1.Cl. The molecule has 3 N–H and O–H groups in total. The molecule has 0 saturated carbocycles. The quantitative estimate of drug-likeness (QED) is 0.846. The van der Waals surface area contributed by atoms with Gasteiger partial charge in [-0.25, -0.2) is 0 Å². The molecule has 1 aliphatic rings. The van der Waals surface area contributed by atoms with Crippen LogP contribution in [0, 0.1) is 13.8 Å². The van der Waals surface area contributed by atoms with Gasteiger partial charge < -0.3 is 16.0 Å². The molecule has 1 heterocycles. The van der Waals surface area contributed by atoms with E-state index in [0.29, 0.717) is 13.0 Å². The molecule has 1 fully saturated rings. The third kappa shape index (κ3) is 4.87. The first-order valence-electron chi connectivity index (χ1n) is 8.96. The zero-order valence-electron chi connectivity index (χ0n) is 15.6. The number of amides is 2. The van der Waals surface area contributed by atoms with Crippen molar-refractivity contribution < 1.29 is 9.59 Å². The number of aryl methyl sites for hydroxylation is 2. The monoisotopic (exact) mass is 387 g/mol. The van der Waals surface area contributed by atoms with Crippen molar-refractivity contribution in [2.45, 2.75) is 38.8 Å². The summed E-state index contributed by atoms with van der Waals surface area (Å²) in [6.07, 6.45) is 1.47. The Morgan fingerprint density at radius 3 is 2.22 bits per heavy atom. The van der Waals surface area contributed by atoms with E-state index < -0.39 is 12.1 Å². The highest BCUT2D eigenvalue weighted by molar-refractivity contribution is 6.00. The Kier molecular flexibility index (Phi) is 6.99. The van der Waals surface area contributed by atoms with E-state index in [2.05, 4.69) is 5.32 Å². The molecule has 5 nitrogen and oxygen atoms in total. The number of nitrogens with zero attached hydrogens (tertiary/aromatic N) is 1. The predicted octanol–water partition coefficient (Wildman–Crippen LogP) is 3.04. The molecule has 3 rings (SSSR count). The molecule has 0 aliphatic carbocycles. The van der Waals surface area contributed by atoms with Crippen LogP contribution in [0.25, 0.3) is 0 Å². The summed E-state index contributed by atoms with van der Waals surface area (Å²) in [6.45, 7) is 4.66. The van der Waals surface area contributed by atoms with Gasteiger partial charge in [0.25, 0.3) is 0 Å². The smallest absolute Gasteiger partial charge is 0.249 e. The van der Waals surface area contributed by atoms with E-state index in [-0.39, 0.29) is 24.2 Å². The molecule has 0 bridgehead atoms. The van der Waals surface area contributed by atoms with E-state index in [4.69, 9.17) is 5.73 Å². The van der Waals surface area contributed by atoms with Gasteiger partial charge in [-0.3, -0.25) is 9.59 Å². The van der Waals surface area contributed by atoms with Crippen LogP contribution >= 0.6 is 12.4 Å². The highest BCUT2D eigenvalue weighted by atomic mass is 35.5. The predicted molar refractivity (Wildman–Crippen MR) is 110 cm³/mol. The van der Waals surface area contributed by atoms with E-state index in [1.54, 1.807) is 4.90 Å². The average molecular weight is 388 g/mol. The van der Waals surface area contributed by atoms with Gasteiger partial charge in [0.05, 0.1) is 0 Å². The molecule has 2 atom stereocenters. The Morgan fingerprint density at radius 1 is 1.07 bits per heavy atom. The maximum Gasteiger partial charge on any atom is 0.249 e. The minimum Gasteiger partial charge on any atom is -0.343 e. The van der Waals surface area contributed by atoms with Crippen LogP contribution in [0.4, 0.5) is 5.69 Å². The van der Waals surface area contributed by atoms with Crippen molar-refractivity contribution >= 4 is 29.9 Å². The minimum atomic E-state index is -0.779. The lowest BCUT2D eigenvalue weighted by Crippen LogP contribution is -2.54. The van der Waals surface area contributed by atoms with Crippen LogP contribution in [0.3, 0.4) is 0 Å². The van der Waals surface area contributed by atoms with Crippen LogP contribution in [0.5, 0.6) is 0 Å². The lowest BCUT2D eigenvalue weighted by atomic mass is 10.0. The molecule has 27 heavy (non-hydrogen) atoms. The highest BCUT2D eigenvalue weighted by Crippen LogP contribution is 2.22. The molecule has 2 aromatic carbocycles. The van der Waals surface area contributed by atoms with Crippen molar-refractivity contribution in [3.63, 3.8) is 0 Å². The topological polar surface area (TPSA) is 75.4 Å². The number of rotatable bonds is 4. The van der Waals surface area contributed by atoms with Crippen molar-refractivity contribution in [1.29, 1.82) is 0 Å². The van der Waals surface area contributed by atoms with Gasteiger partial charge in [0.15, 0.2) is 0 Å². The van der Waals surface area contributed by atoms with Crippen molar-refractivity contribution in [3.8, 4) is 0 Å². The fraction of sp³-hybridized carbons (Fsp3) is 0.333. The van der Waals surface area contributed by atoms with Crippen LogP contribution in [-0.2, 0) is 9.59 Å². The van der Waals surface area contributed by atoms with Gasteiger partial charge >= 0.3 is 0 Å². The summed E-state index contributed by atoms with van der Waals surface area (Å²) in [6, 6.07) is 14.1. The number of piperidine rings is 1. The largest absolute Gasteiger partial charge is 0.343 e. The van der Waals surface area contributed by atoms with Crippen molar-refractivity contribution in [2.24, 2.45) is 5.73 Å². The van der Waals surface area contributed by atoms with Crippen LogP contribution < -0.4 is 16.0 Å². The first kappa shape index (κ1) is 20.9. The van der Waals surface area contributed by atoms with Crippen molar-refractivity contribution in [1.82, 2.24) is 5.32 Å². The fourth-order valence-electron chi connectivity index (χ4n) is 3.18. The first-order chi connectivity index (χ1) is 12.5. The summed E-state index contributed by atoms with van der Waals surface area (Å²) >= 11 is 0. The zero-order valence-corrected chi connectivity index (χ0v) is 16.5. The van der Waals surface area contributed by atoms with Gasteiger partial charge in [-0.05, 0) is 44.4 Å². The number of nitrogens with one attached hydrogen (secondary N) is 1. The maximum absolute atomic E-state index is 12.8. The Bertz CT molecular complexity index is 790. The van der Waals surface area contributed by atoms with Crippen molar-refractivity contribution in [3.05, 3.63) is 65.2 Å². The molecule has 6 heteroatoms. The Labute approximate surface area is 166 Å². The van der Waals surface area contributed by atoms with Crippen molar-refractivity contribution in [2.75, 3.05) is 11.4 Å². The highest BCUT2D eigenvalue weighted by Gasteiger charge is 2.32. The summed E-state index contributed by atoms with van der Waals surface area (Å²) in [5, 5.41) is 2.84. The maximum atomic E-state index is 12.8. The summed E-state index contributed by atoms with van der Waals surface area (Å²) in [5.74, 6) is -0.400. The van der Waals surface area contributed by atoms with E-state index in [0.717, 1.165) is 28.8 Å². The molecule has 144 valence electrons.